The quantitative estimate of drug-likeness (QED) is 0.646. The number of hydrogen-bond acceptors (Lipinski definition) is 5. The molecule has 1 N–H and O–H groups in total. The third kappa shape index (κ3) is 6.18. The van der Waals surface area contributed by atoms with Gasteiger partial charge in [-0.1, -0.05) is 24.3 Å². The molecule has 27 heavy (non-hydrogen) atoms. The molecular weight excluding hydrogens is 384 g/mol. The lowest BCUT2D eigenvalue weighted by Crippen LogP contribution is -2.40. The van der Waals surface area contributed by atoms with Crippen molar-refractivity contribution in [1.29, 1.82) is 0 Å². The number of ether oxygens (including phenoxy) is 1. The highest BCUT2D eigenvalue weighted by molar-refractivity contribution is 7.98. The van der Waals surface area contributed by atoms with Crippen LogP contribution in [0, 0.1) is 0 Å². The van der Waals surface area contributed by atoms with Crippen LogP contribution < -0.4 is 14.4 Å². The predicted molar refractivity (Wildman–Crippen MR) is 110 cm³/mol. The third-order valence-electron chi connectivity index (χ3n) is 3.78. The minimum Gasteiger partial charge on any atom is -0.494 e. The normalized spacial score (nSPS) is 11.1. The summed E-state index contributed by atoms with van der Waals surface area (Å²) in [6.07, 6.45) is 3.00. The Kier molecular flexibility index (Phi) is 7.55. The third-order valence-corrected chi connectivity index (χ3v) is 5.64. The second-order valence-corrected chi connectivity index (χ2v) is 8.58. The summed E-state index contributed by atoms with van der Waals surface area (Å²) in [5.74, 6) is 0.314. The van der Waals surface area contributed by atoms with Gasteiger partial charge >= 0.3 is 0 Å². The van der Waals surface area contributed by atoms with E-state index < -0.39 is 10.0 Å². The number of nitrogens with zero attached hydrogens (tertiary/aromatic N) is 1. The molecule has 2 rings (SSSR count). The highest BCUT2D eigenvalue weighted by Crippen LogP contribution is 2.24. The molecule has 0 unspecified atom stereocenters. The molecule has 2 aromatic carbocycles. The lowest BCUT2D eigenvalue weighted by molar-refractivity contribution is -0.119. The van der Waals surface area contributed by atoms with Crippen molar-refractivity contribution in [2.45, 2.75) is 18.4 Å². The molecule has 0 bridgehead atoms. The van der Waals surface area contributed by atoms with Crippen LogP contribution in [0.5, 0.6) is 5.75 Å². The first-order valence-electron chi connectivity index (χ1n) is 8.44. The van der Waals surface area contributed by atoms with E-state index in [9.17, 15) is 13.2 Å². The minimum absolute atomic E-state index is 0.261. The Morgan fingerprint density at radius 1 is 1.19 bits per heavy atom. The molecule has 2 aromatic rings. The van der Waals surface area contributed by atoms with Crippen molar-refractivity contribution in [2.24, 2.45) is 0 Å². The van der Waals surface area contributed by atoms with Crippen LogP contribution in [0.4, 0.5) is 5.69 Å². The monoisotopic (exact) mass is 408 g/mol. The van der Waals surface area contributed by atoms with Gasteiger partial charge in [0.25, 0.3) is 0 Å². The van der Waals surface area contributed by atoms with E-state index in [-0.39, 0.29) is 19.0 Å². The fraction of sp³-hybridized carbons (Fsp3) is 0.316. The van der Waals surface area contributed by atoms with Crippen molar-refractivity contribution < 1.29 is 17.9 Å². The van der Waals surface area contributed by atoms with E-state index in [0.29, 0.717) is 18.0 Å². The largest absolute Gasteiger partial charge is 0.494 e. The summed E-state index contributed by atoms with van der Waals surface area (Å²) in [7, 11) is -3.60. The number of amides is 1. The SMILES string of the molecule is CCOc1ccccc1CNC(=O)CN(c1cccc(SC)c1)S(C)(=O)=O. The van der Waals surface area contributed by atoms with Crippen LogP contribution in [0.3, 0.4) is 0 Å². The fourth-order valence-corrected chi connectivity index (χ4v) is 3.79. The van der Waals surface area contributed by atoms with Crippen LogP contribution in [0.2, 0.25) is 0 Å². The maximum Gasteiger partial charge on any atom is 0.241 e. The Hall–Kier alpha value is -2.19. The van der Waals surface area contributed by atoms with Gasteiger partial charge in [0.05, 0.1) is 18.6 Å². The van der Waals surface area contributed by atoms with E-state index in [0.717, 1.165) is 21.0 Å². The first-order chi connectivity index (χ1) is 12.8. The molecule has 0 aliphatic rings. The first-order valence-corrected chi connectivity index (χ1v) is 11.5. The van der Waals surface area contributed by atoms with E-state index in [1.165, 1.54) is 11.8 Å². The average Bonchev–Trinajstić information content (AvgIpc) is 2.64. The van der Waals surface area contributed by atoms with Crippen LogP contribution in [0.15, 0.2) is 53.4 Å². The lowest BCUT2D eigenvalue weighted by atomic mass is 10.2. The zero-order valence-corrected chi connectivity index (χ0v) is 17.3. The number of thioether (sulfide) groups is 1. The topological polar surface area (TPSA) is 75.7 Å². The summed E-state index contributed by atoms with van der Waals surface area (Å²) in [5, 5.41) is 2.77. The Bertz CT molecular complexity index is 885. The van der Waals surface area contributed by atoms with Crippen molar-refractivity contribution in [2.75, 3.05) is 30.0 Å². The van der Waals surface area contributed by atoms with E-state index in [4.69, 9.17) is 4.74 Å². The van der Waals surface area contributed by atoms with Crippen LogP contribution in [0.25, 0.3) is 0 Å². The summed E-state index contributed by atoms with van der Waals surface area (Å²) >= 11 is 1.51. The Morgan fingerprint density at radius 2 is 1.93 bits per heavy atom. The summed E-state index contributed by atoms with van der Waals surface area (Å²) in [6, 6.07) is 14.5. The van der Waals surface area contributed by atoms with Gasteiger partial charge in [0.15, 0.2) is 0 Å². The van der Waals surface area contributed by atoms with Crippen LogP contribution in [-0.2, 0) is 21.4 Å². The maximum atomic E-state index is 12.4. The Labute approximate surface area is 165 Å². The van der Waals surface area contributed by atoms with Gasteiger partial charge in [-0.3, -0.25) is 9.10 Å². The molecular formula is C19H24N2O4S2. The van der Waals surface area contributed by atoms with Crippen LogP contribution in [-0.4, -0.2) is 40.0 Å². The number of para-hydroxylation sites is 1. The van der Waals surface area contributed by atoms with Crippen LogP contribution >= 0.6 is 11.8 Å². The molecule has 6 nitrogen and oxygen atoms in total. The molecule has 0 heterocycles. The highest BCUT2D eigenvalue weighted by atomic mass is 32.2. The maximum absolute atomic E-state index is 12.4. The number of hydrogen-bond donors (Lipinski definition) is 1. The smallest absolute Gasteiger partial charge is 0.241 e. The second kappa shape index (κ2) is 9.66. The van der Waals surface area contributed by atoms with Gasteiger partial charge in [-0.2, -0.15) is 0 Å². The number of nitrogens with one attached hydrogen (secondary N) is 1. The van der Waals surface area contributed by atoms with Gasteiger partial charge in [0, 0.05) is 17.0 Å². The van der Waals surface area contributed by atoms with Crippen molar-refractivity contribution in [3.8, 4) is 5.75 Å². The number of benzene rings is 2. The van der Waals surface area contributed by atoms with Crippen molar-refractivity contribution in [3.63, 3.8) is 0 Å². The molecule has 0 aliphatic carbocycles. The molecule has 0 fully saturated rings. The molecule has 0 atom stereocenters. The summed E-state index contributed by atoms with van der Waals surface area (Å²) < 4.78 is 31.0. The zero-order valence-electron chi connectivity index (χ0n) is 15.6. The second-order valence-electron chi connectivity index (χ2n) is 5.79. The van der Waals surface area contributed by atoms with E-state index in [1.807, 2.05) is 43.5 Å². The van der Waals surface area contributed by atoms with Crippen LogP contribution in [0.1, 0.15) is 12.5 Å². The number of anilines is 1. The van der Waals surface area contributed by atoms with E-state index in [1.54, 1.807) is 18.2 Å². The number of rotatable bonds is 9. The Balaban J connectivity index is 2.11. The standard InChI is InChI=1S/C19H24N2O4S2/c1-4-25-18-11-6-5-8-15(18)13-20-19(22)14-21(27(3,23)24)16-9-7-10-17(12-16)26-2/h5-12H,4,13-14H2,1-3H3,(H,20,22). The zero-order chi connectivity index (χ0) is 19.9. The molecule has 0 saturated carbocycles. The molecule has 1 amide bonds. The number of sulfonamides is 1. The minimum atomic E-state index is -3.60. The van der Waals surface area contributed by atoms with E-state index in [2.05, 4.69) is 5.32 Å². The van der Waals surface area contributed by atoms with Crippen molar-refractivity contribution in [3.05, 3.63) is 54.1 Å². The van der Waals surface area contributed by atoms with Crippen molar-refractivity contribution >= 4 is 33.4 Å². The van der Waals surface area contributed by atoms with Gasteiger partial charge in [-0.15, -0.1) is 11.8 Å². The summed E-state index contributed by atoms with van der Waals surface area (Å²) in [4.78, 5) is 13.3. The molecule has 0 saturated heterocycles. The number of carbonyl (C=O) groups excluding carboxylic acids is 1. The fourth-order valence-electron chi connectivity index (χ4n) is 2.49. The van der Waals surface area contributed by atoms with Gasteiger partial charge in [0.2, 0.25) is 15.9 Å². The van der Waals surface area contributed by atoms with E-state index >= 15 is 0 Å². The molecule has 0 spiro atoms. The van der Waals surface area contributed by atoms with Gasteiger partial charge in [-0.05, 0) is 37.4 Å². The molecule has 0 radical (unpaired) electrons. The lowest BCUT2D eigenvalue weighted by Gasteiger charge is -2.22. The van der Waals surface area contributed by atoms with Crippen molar-refractivity contribution in [1.82, 2.24) is 5.32 Å². The molecule has 0 aromatic heterocycles. The molecule has 0 aliphatic heterocycles. The van der Waals surface area contributed by atoms with Gasteiger partial charge in [-0.25, -0.2) is 8.42 Å². The molecule has 146 valence electrons. The van der Waals surface area contributed by atoms with Gasteiger partial charge in [0.1, 0.15) is 12.3 Å². The Morgan fingerprint density at radius 3 is 2.59 bits per heavy atom. The summed E-state index contributed by atoms with van der Waals surface area (Å²) in [6.45, 7) is 2.39. The highest BCUT2D eigenvalue weighted by Gasteiger charge is 2.21. The summed E-state index contributed by atoms with van der Waals surface area (Å²) in [5.41, 5.74) is 1.30. The number of carbonyl (C=O) groups is 1. The van der Waals surface area contributed by atoms with Gasteiger partial charge < -0.3 is 10.1 Å². The predicted octanol–water partition coefficient (Wildman–Crippen LogP) is 2.89. The average molecular weight is 409 g/mol. The first kappa shape index (κ1) is 21.1. The molecule has 8 heteroatoms.